The van der Waals surface area contributed by atoms with Gasteiger partial charge in [-0.25, -0.2) is 0 Å². The number of fused-ring (bicyclic) bond motifs is 1. The van der Waals surface area contributed by atoms with Gasteiger partial charge in [-0.1, -0.05) is 53.7 Å². The fraction of sp³-hybridized carbons (Fsp3) is 0.190. The third-order valence-electron chi connectivity index (χ3n) is 4.93. The summed E-state index contributed by atoms with van der Waals surface area (Å²) >= 11 is 7.70. The SMILES string of the molecule is CC1=C(C(N)=O)SC(c2ccccc2)N1CCc1c[nH]c2ccc(Cl)cc12. The van der Waals surface area contributed by atoms with Crippen LogP contribution in [0.1, 0.15) is 23.4 Å². The molecule has 3 N–H and O–H groups in total. The van der Waals surface area contributed by atoms with E-state index in [2.05, 4.69) is 22.0 Å². The summed E-state index contributed by atoms with van der Waals surface area (Å²) in [4.78, 5) is 18.1. The number of aromatic amines is 1. The molecule has 4 rings (SSSR count). The summed E-state index contributed by atoms with van der Waals surface area (Å²) < 4.78 is 0. The van der Waals surface area contributed by atoms with Crippen molar-refractivity contribution in [1.82, 2.24) is 9.88 Å². The first kappa shape index (κ1) is 18.0. The van der Waals surface area contributed by atoms with E-state index < -0.39 is 0 Å². The zero-order valence-electron chi connectivity index (χ0n) is 14.9. The van der Waals surface area contributed by atoms with Crippen molar-refractivity contribution in [3.63, 3.8) is 0 Å². The molecule has 0 fully saturated rings. The fourth-order valence-corrected chi connectivity index (χ4v) is 5.04. The summed E-state index contributed by atoms with van der Waals surface area (Å²) in [7, 11) is 0. The number of hydrogen-bond donors (Lipinski definition) is 2. The van der Waals surface area contributed by atoms with E-state index in [1.807, 2.05) is 49.5 Å². The molecular formula is C21H20ClN3OS. The quantitative estimate of drug-likeness (QED) is 0.648. The molecule has 0 aliphatic carbocycles. The van der Waals surface area contributed by atoms with Crippen molar-refractivity contribution in [2.75, 3.05) is 6.54 Å². The van der Waals surface area contributed by atoms with E-state index in [0.29, 0.717) is 4.91 Å². The van der Waals surface area contributed by atoms with Gasteiger partial charge in [-0.05, 0) is 42.7 Å². The molecule has 0 bridgehead atoms. The number of halogens is 1. The molecule has 1 aromatic heterocycles. The van der Waals surface area contributed by atoms with Crippen LogP contribution in [0.3, 0.4) is 0 Å². The number of rotatable bonds is 5. The van der Waals surface area contributed by atoms with Gasteiger partial charge in [-0.2, -0.15) is 0 Å². The van der Waals surface area contributed by atoms with Crippen LogP contribution in [0.15, 0.2) is 65.3 Å². The fourth-order valence-electron chi connectivity index (χ4n) is 3.55. The third-order valence-corrected chi connectivity index (χ3v) is 6.65. The average molecular weight is 398 g/mol. The number of aromatic nitrogens is 1. The van der Waals surface area contributed by atoms with Crippen LogP contribution in [0.5, 0.6) is 0 Å². The van der Waals surface area contributed by atoms with Crippen LogP contribution < -0.4 is 5.73 Å². The minimum Gasteiger partial charge on any atom is -0.365 e. The Balaban J connectivity index is 1.62. The van der Waals surface area contributed by atoms with Crippen molar-refractivity contribution in [2.24, 2.45) is 5.73 Å². The van der Waals surface area contributed by atoms with Crippen LogP contribution in [0.25, 0.3) is 10.9 Å². The van der Waals surface area contributed by atoms with Gasteiger partial charge in [0, 0.05) is 34.4 Å². The van der Waals surface area contributed by atoms with Gasteiger partial charge in [0.2, 0.25) is 0 Å². The lowest BCUT2D eigenvalue weighted by Gasteiger charge is -2.28. The summed E-state index contributed by atoms with van der Waals surface area (Å²) in [5.74, 6) is -0.361. The molecule has 2 aromatic carbocycles. The molecule has 6 heteroatoms. The number of primary amides is 1. The van der Waals surface area contributed by atoms with Crippen LogP contribution in [-0.4, -0.2) is 22.3 Å². The maximum Gasteiger partial charge on any atom is 0.256 e. The Kier molecular flexibility index (Phi) is 4.89. The molecule has 1 amide bonds. The summed E-state index contributed by atoms with van der Waals surface area (Å²) in [5.41, 5.74) is 10.0. The lowest BCUT2D eigenvalue weighted by molar-refractivity contribution is -0.114. The maximum absolute atomic E-state index is 11.9. The van der Waals surface area contributed by atoms with Crippen molar-refractivity contribution in [3.05, 3.63) is 81.5 Å². The van der Waals surface area contributed by atoms with E-state index in [0.717, 1.165) is 34.6 Å². The number of amides is 1. The summed E-state index contributed by atoms with van der Waals surface area (Å²) in [6.07, 6.45) is 2.88. The molecule has 2 heterocycles. The first-order chi connectivity index (χ1) is 13.0. The molecular weight excluding hydrogens is 378 g/mol. The van der Waals surface area contributed by atoms with Crippen molar-refractivity contribution in [3.8, 4) is 0 Å². The molecule has 1 atom stereocenters. The van der Waals surface area contributed by atoms with Gasteiger partial charge in [0.05, 0.1) is 4.91 Å². The smallest absolute Gasteiger partial charge is 0.256 e. The largest absolute Gasteiger partial charge is 0.365 e. The van der Waals surface area contributed by atoms with Crippen molar-refractivity contribution >= 4 is 40.2 Å². The maximum atomic E-state index is 11.9. The minimum absolute atomic E-state index is 0.0579. The van der Waals surface area contributed by atoms with Crippen LogP contribution >= 0.6 is 23.4 Å². The second kappa shape index (κ2) is 7.33. The Morgan fingerprint density at radius 2 is 2.04 bits per heavy atom. The third kappa shape index (κ3) is 3.45. The molecule has 1 aliphatic rings. The summed E-state index contributed by atoms with van der Waals surface area (Å²) in [6.45, 7) is 2.76. The number of thioether (sulfide) groups is 1. The van der Waals surface area contributed by atoms with Crippen molar-refractivity contribution < 1.29 is 4.79 Å². The summed E-state index contributed by atoms with van der Waals surface area (Å²) in [6, 6.07) is 16.1. The van der Waals surface area contributed by atoms with E-state index >= 15 is 0 Å². The predicted molar refractivity (Wildman–Crippen MR) is 112 cm³/mol. The van der Waals surface area contributed by atoms with E-state index in [4.69, 9.17) is 17.3 Å². The molecule has 0 saturated carbocycles. The van der Waals surface area contributed by atoms with Gasteiger partial charge in [0.1, 0.15) is 5.37 Å². The number of hydrogen-bond acceptors (Lipinski definition) is 3. The predicted octanol–water partition coefficient (Wildman–Crippen LogP) is 4.83. The highest BCUT2D eigenvalue weighted by Crippen LogP contribution is 2.47. The second-order valence-corrected chi connectivity index (χ2v) is 8.13. The lowest BCUT2D eigenvalue weighted by Crippen LogP contribution is -2.24. The molecule has 0 saturated heterocycles. The number of benzene rings is 2. The van der Waals surface area contributed by atoms with Crippen molar-refractivity contribution in [1.29, 1.82) is 0 Å². The van der Waals surface area contributed by atoms with Gasteiger partial charge >= 0.3 is 0 Å². The average Bonchev–Trinajstić information content (AvgIpc) is 3.21. The zero-order chi connectivity index (χ0) is 19.0. The zero-order valence-corrected chi connectivity index (χ0v) is 16.5. The summed E-state index contributed by atoms with van der Waals surface area (Å²) in [5, 5.41) is 1.93. The van der Waals surface area contributed by atoms with Gasteiger partial charge < -0.3 is 15.6 Å². The Labute approximate surface area is 167 Å². The van der Waals surface area contributed by atoms with Gasteiger partial charge in [0.25, 0.3) is 5.91 Å². The van der Waals surface area contributed by atoms with Gasteiger partial charge in [-0.15, -0.1) is 0 Å². The number of nitrogens with zero attached hydrogens (tertiary/aromatic N) is 1. The molecule has 4 nitrogen and oxygen atoms in total. The number of carbonyl (C=O) groups is 1. The highest BCUT2D eigenvalue weighted by Gasteiger charge is 2.33. The molecule has 1 unspecified atom stereocenters. The van der Waals surface area contributed by atoms with Crippen LogP contribution in [0, 0.1) is 0 Å². The Morgan fingerprint density at radius 3 is 2.78 bits per heavy atom. The van der Waals surface area contributed by atoms with Crippen LogP contribution in [-0.2, 0) is 11.2 Å². The number of nitrogens with two attached hydrogens (primary N) is 1. The van der Waals surface area contributed by atoms with Crippen LogP contribution in [0.2, 0.25) is 5.02 Å². The monoisotopic (exact) mass is 397 g/mol. The second-order valence-electron chi connectivity index (χ2n) is 6.61. The van der Waals surface area contributed by atoms with Gasteiger partial charge in [-0.3, -0.25) is 4.79 Å². The van der Waals surface area contributed by atoms with E-state index in [9.17, 15) is 4.79 Å². The standard InChI is InChI=1S/C21H20ClN3OS/c1-13-19(20(23)26)27-21(14-5-3-2-4-6-14)25(13)10-9-15-12-24-18-8-7-16(22)11-17(15)18/h2-8,11-12,21,24H,9-10H2,1H3,(H2,23,26). The minimum atomic E-state index is -0.361. The highest BCUT2D eigenvalue weighted by molar-refractivity contribution is 8.04. The molecule has 0 spiro atoms. The molecule has 3 aromatic rings. The molecule has 0 radical (unpaired) electrons. The lowest BCUT2D eigenvalue weighted by atomic mass is 10.1. The Bertz CT molecular complexity index is 1030. The van der Waals surface area contributed by atoms with Crippen molar-refractivity contribution in [2.45, 2.75) is 18.7 Å². The molecule has 27 heavy (non-hydrogen) atoms. The van der Waals surface area contributed by atoms with E-state index in [-0.39, 0.29) is 11.3 Å². The first-order valence-corrected chi connectivity index (χ1v) is 10.0. The normalized spacial score (nSPS) is 17.1. The van der Waals surface area contributed by atoms with Crippen LogP contribution in [0.4, 0.5) is 0 Å². The highest BCUT2D eigenvalue weighted by atomic mass is 35.5. The Hall–Kier alpha value is -2.37. The number of nitrogens with one attached hydrogen (secondary N) is 1. The number of H-pyrrole nitrogens is 1. The Morgan fingerprint density at radius 1 is 1.26 bits per heavy atom. The van der Waals surface area contributed by atoms with Gasteiger partial charge in [0.15, 0.2) is 0 Å². The van der Waals surface area contributed by atoms with E-state index in [1.54, 1.807) is 0 Å². The topological polar surface area (TPSA) is 62.1 Å². The number of carbonyl (C=O) groups excluding carboxylic acids is 1. The first-order valence-electron chi connectivity index (χ1n) is 8.79. The molecule has 1 aliphatic heterocycles. The number of allylic oxidation sites excluding steroid dienone is 1. The molecule has 138 valence electrons. The van der Waals surface area contributed by atoms with E-state index in [1.165, 1.54) is 22.9 Å².